The van der Waals surface area contributed by atoms with Gasteiger partial charge in [-0.05, 0) is 38.5 Å². The quantitative estimate of drug-likeness (QED) is 0.510. The van der Waals surface area contributed by atoms with Crippen LogP contribution in [-0.4, -0.2) is 10.8 Å². The van der Waals surface area contributed by atoms with E-state index in [1.807, 2.05) is 20.8 Å². The first-order valence-corrected chi connectivity index (χ1v) is 4.21. The molecule has 2 nitrogen and oxygen atoms in total. The number of ketones is 1. The van der Waals surface area contributed by atoms with Crippen LogP contribution in [0.4, 0.5) is 0 Å². The number of aryl methyl sites for hydroxylation is 1. The number of carbonyl (C=O) groups excluding carboxylic acids is 1. The highest BCUT2D eigenvalue weighted by Gasteiger charge is 2.04. The fourth-order valence-electron chi connectivity index (χ4n) is 1.09. The monoisotopic (exact) mass is 175 g/mol. The van der Waals surface area contributed by atoms with Crippen LogP contribution in [0.3, 0.4) is 0 Å². The van der Waals surface area contributed by atoms with Crippen molar-refractivity contribution in [1.29, 1.82) is 0 Å². The summed E-state index contributed by atoms with van der Waals surface area (Å²) in [4.78, 5) is 15.5. The summed E-state index contributed by atoms with van der Waals surface area (Å²) in [6.07, 6.45) is 4.98. The summed E-state index contributed by atoms with van der Waals surface area (Å²) in [7, 11) is 0. The molecule has 0 N–H and O–H groups in total. The van der Waals surface area contributed by atoms with E-state index >= 15 is 0 Å². The number of aromatic nitrogens is 1. The number of nitrogens with zero attached hydrogens (tertiary/aromatic N) is 1. The second-order valence-electron chi connectivity index (χ2n) is 3.28. The summed E-state index contributed by atoms with van der Waals surface area (Å²) in [5.74, 6) is 0.0555. The number of hydrogen-bond donors (Lipinski definition) is 0. The largest absolute Gasteiger partial charge is 0.289 e. The van der Waals surface area contributed by atoms with Crippen molar-refractivity contribution < 1.29 is 4.79 Å². The molecule has 0 fully saturated rings. The molecule has 0 atom stereocenters. The first-order chi connectivity index (χ1) is 6.11. The van der Waals surface area contributed by atoms with Gasteiger partial charge in [0, 0.05) is 18.0 Å². The zero-order valence-corrected chi connectivity index (χ0v) is 8.16. The molecule has 0 saturated carbocycles. The molecule has 1 aromatic heterocycles. The van der Waals surface area contributed by atoms with E-state index in [-0.39, 0.29) is 5.78 Å². The summed E-state index contributed by atoms with van der Waals surface area (Å²) in [5.41, 5.74) is 2.67. The summed E-state index contributed by atoms with van der Waals surface area (Å²) in [6.45, 7) is 5.71. The Bertz CT molecular complexity index is 349. The molecule has 1 aromatic rings. The number of allylic oxidation sites excluding steroid dienone is 2. The molecule has 0 saturated heterocycles. The molecule has 13 heavy (non-hydrogen) atoms. The lowest BCUT2D eigenvalue weighted by Crippen LogP contribution is -1.98. The Morgan fingerprint density at radius 3 is 2.69 bits per heavy atom. The first kappa shape index (κ1) is 9.65. The summed E-state index contributed by atoms with van der Waals surface area (Å²) < 4.78 is 0. The van der Waals surface area contributed by atoms with Crippen LogP contribution in [0, 0.1) is 6.92 Å². The molecule has 1 heterocycles. The molecule has 68 valence electrons. The van der Waals surface area contributed by atoms with Gasteiger partial charge in [0.1, 0.15) is 0 Å². The van der Waals surface area contributed by atoms with E-state index in [0.717, 1.165) is 16.7 Å². The van der Waals surface area contributed by atoms with Gasteiger partial charge in [-0.2, -0.15) is 0 Å². The minimum absolute atomic E-state index is 0.0555. The van der Waals surface area contributed by atoms with E-state index in [1.165, 1.54) is 0 Å². The van der Waals surface area contributed by atoms with Gasteiger partial charge in [0.2, 0.25) is 0 Å². The molecule has 2 heteroatoms. The van der Waals surface area contributed by atoms with Crippen molar-refractivity contribution >= 4 is 5.78 Å². The van der Waals surface area contributed by atoms with Crippen molar-refractivity contribution in [2.24, 2.45) is 0 Å². The van der Waals surface area contributed by atoms with Gasteiger partial charge >= 0.3 is 0 Å². The lowest BCUT2D eigenvalue weighted by atomic mass is 10.1. The van der Waals surface area contributed by atoms with Crippen LogP contribution < -0.4 is 0 Å². The van der Waals surface area contributed by atoms with Crippen LogP contribution in [0.5, 0.6) is 0 Å². The molecule has 0 amide bonds. The van der Waals surface area contributed by atoms with Crippen LogP contribution in [0.25, 0.3) is 0 Å². The second-order valence-corrected chi connectivity index (χ2v) is 3.28. The van der Waals surface area contributed by atoms with Crippen molar-refractivity contribution in [3.63, 3.8) is 0 Å². The molecule has 0 aliphatic carbocycles. The number of hydrogen-bond acceptors (Lipinski definition) is 2. The lowest BCUT2D eigenvalue weighted by molar-refractivity contribution is 0.104. The molecule has 0 unspecified atom stereocenters. The van der Waals surface area contributed by atoms with Gasteiger partial charge < -0.3 is 0 Å². The Morgan fingerprint density at radius 1 is 1.46 bits per heavy atom. The Balaban J connectivity index is 3.03. The van der Waals surface area contributed by atoms with E-state index < -0.39 is 0 Å². The number of carbonyl (C=O) groups is 1. The molecule has 0 bridgehead atoms. The average Bonchev–Trinajstić information content (AvgIpc) is 2.03. The lowest BCUT2D eigenvalue weighted by Gasteiger charge is -1.99. The van der Waals surface area contributed by atoms with E-state index in [4.69, 9.17) is 0 Å². The molecule has 0 spiro atoms. The summed E-state index contributed by atoms with van der Waals surface area (Å²) in [6, 6.07) is 1.75. The molecule has 1 rings (SSSR count). The normalized spacial score (nSPS) is 9.46. The van der Waals surface area contributed by atoms with Crippen molar-refractivity contribution in [3.05, 3.63) is 41.2 Å². The van der Waals surface area contributed by atoms with Gasteiger partial charge in [-0.3, -0.25) is 9.78 Å². The number of pyridine rings is 1. The zero-order chi connectivity index (χ0) is 9.84. The van der Waals surface area contributed by atoms with Crippen LogP contribution in [0.1, 0.15) is 29.8 Å². The highest BCUT2D eigenvalue weighted by molar-refractivity contribution is 6.05. The van der Waals surface area contributed by atoms with Crippen LogP contribution >= 0.6 is 0 Å². The van der Waals surface area contributed by atoms with Crippen molar-refractivity contribution in [3.8, 4) is 0 Å². The van der Waals surface area contributed by atoms with E-state index in [1.54, 1.807) is 24.5 Å². The Labute approximate surface area is 78.3 Å². The van der Waals surface area contributed by atoms with E-state index in [2.05, 4.69) is 4.98 Å². The predicted octanol–water partition coefficient (Wildman–Crippen LogP) is 2.54. The molecular weight excluding hydrogens is 162 g/mol. The minimum atomic E-state index is 0.0555. The SMILES string of the molecule is CC(C)=CC(=O)c1ccncc1C. The smallest absolute Gasteiger partial charge is 0.186 e. The van der Waals surface area contributed by atoms with E-state index in [9.17, 15) is 4.79 Å². The van der Waals surface area contributed by atoms with Gasteiger partial charge in [0.15, 0.2) is 5.78 Å². The Morgan fingerprint density at radius 2 is 2.15 bits per heavy atom. The third-order valence-corrected chi connectivity index (χ3v) is 1.71. The fraction of sp³-hybridized carbons (Fsp3) is 0.273. The van der Waals surface area contributed by atoms with E-state index in [0.29, 0.717) is 0 Å². The standard InChI is InChI=1S/C11H13NO/c1-8(2)6-11(13)10-4-5-12-7-9(10)3/h4-7H,1-3H3. The van der Waals surface area contributed by atoms with Gasteiger partial charge in [0.25, 0.3) is 0 Å². The Kier molecular flexibility index (Phi) is 2.96. The third kappa shape index (κ3) is 2.51. The second kappa shape index (κ2) is 3.99. The topological polar surface area (TPSA) is 30.0 Å². The Hall–Kier alpha value is -1.44. The summed E-state index contributed by atoms with van der Waals surface area (Å²) in [5, 5.41) is 0. The minimum Gasteiger partial charge on any atom is -0.289 e. The average molecular weight is 175 g/mol. The van der Waals surface area contributed by atoms with Gasteiger partial charge in [0.05, 0.1) is 0 Å². The maximum absolute atomic E-state index is 11.6. The van der Waals surface area contributed by atoms with Crippen molar-refractivity contribution in [1.82, 2.24) is 4.98 Å². The molecule has 0 aliphatic heterocycles. The number of rotatable bonds is 2. The summed E-state index contributed by atoms with van der Waals surface area (Å²) >= 11 is 0. The fourth-order valence-corrected chi connectivity index (χ4v) is 1.09. The van der Waals surface area contributed by atoms with Crippen LogP contribution in [0.2, 0.25) is 0 Å². The van der Waals surface area contributed by atoms with Gasteiger partial charge in [-0.15, -0.1) is 0 Å². The van der Waals surface area contributed by atoms with Crippen molar-refractivity contribution in [2.75, 3.05) is 0 Å². The maximum Gasteiger partial charge on any atom is 0.186 e. The highest BCUT2D eigenvalue weighted by atomic mass is 16.1. The first-order valence-electron chi connectivity index (χ1n) is 4.21. The highest BCUT2D eigenvalue weighted by Crippen LogP contribution is 2.07. The van der Waals surface area contributed by atoms with Crippen molar-refractivity contribution in [2.45, 2.75) is 20.8 Å². The molecule has 0 radical (unpaired) electrons. The third-order valence-electron chi connectivity index (χ3n) is 1.71. The molecule has 0 aromatic carbocycles. The molecular formula is C11H13NO. The maximum atomic E-state index is 11.6. The van der Waals surface area contributed by atoms with Gasteiger partial charge in [-0.25, -0.2) is 0 Å². The predicted molar refractivity (Wildman–Crippen MR) is 52.7 cm³/mol. The zero-order valence-electron chi connectivity index (χ0n) is 8.16. The molecule has 0 aliphatic rings. The van der Waals surface area contributed by atoms with Crippen LogP contribution in [-0.2, 0) is 0 Å². The van der Waals surface area contributed by atoms with Gasteiger partial charge in [-0.1, -0.05) is 5.57 Å². The van der Waals surface area contributed by atoms with Crippen LogP contribution in [0.15, 0.2) is 30.1 Å².